The van der Waals surface area contributed by atoms with E-state index in [9.17, 15) is 9.35 Å². The first kappa shape index (κ1) is 21.2. The zero-order valence-corrected chi connectivity index (χ0v) is 19.6. The summed E-state index contributed by atoms with van der Waals surface area (Å²) in [4.78, 5) is 28.1. The minimum absolute atomic E-state index is 0.0445. The highest BCUT2D eigenvalue weighted by Gasteiger charge is 2.30. The molecule has 1 unspecified atom stereocenters. The van der Waals surface area contributed by atoms with E-state index in [1.807, 2.05) is 22.8 Å². The largest absolute Gasteiger partial charge is 0.616 e. The van der Waals surface area contributed by atoms with Gasteiger partial charge in [-0.05, 0) is 35.4 Å². The SMILES string of the molecule is CN(C)C(=O)COc1ccc2c(c1)ncn2-c1nc(-c2ccc(Cl)s2)nc2c1C[S+]([O-])C2. The number of likely N-dealkylation sites (N-methyl/N-ethyl adjacent to an activating group) is 1. The third kappa shape index (κ3) is 3.95. The Balaban J connectivity index is 1.55. The van der Waals surface area contributed by atoms with E-state index >= 15 is 0 Å². The molecule has 4 aromatic rings. The Kier molecular flexibility index (Phi) is 5.54. The lowest BCUT2D eigenvalue weighted by molar-refractivity contribution is -0.130. The minimum Gasteiger partial charge on any atom is -0.616 e. The Labute approximate surface area is 196 Å². The first-order valence-electron chi connectivity index (χ1n) is 9.70. The monoisotopic (exact) mass is 487 g/mol. The molecular weight excluding hydrogens is 470 g/mol. The molecule has 1 atom stereocenters. The molecule has 8 nitrogen and oxygen atoms in total. The Hall–Kier alpha value is -2.66. The number of aromatic nitrogens is 4. The van der Waals surface area contributed by atoms with Crippen molar-refractivity contribution in [3.05, 3.63) is 52.3 Å². The lowest BCUT2D eigenvalue weighted by Crippen LogP contribution is -2.27. The van der Waals surface area contributed by atoms with E-state index in [1.165, 1.54) is 16.2 Å². The van der Waals surface area contributed by atoms with Gasteiger partial charge in [0.15, 0.2) is 18.2 Å². The summed E-state index contributed by atoms with van der Waals surface area (Å²) in [5, 5.41) is 0. The summed E-state index contributed by atoms with van der Waals surface area (Å²) in [6.45, 7) is -0.0445. The van der Waals surface area contributed by atoms with Crippen molar-refractivity contribution in [1.29, 1.82) is 0 Å². The number of ether oxygens (including phenoxy) is 1. The normalized spacial score (nSPS) is 15.2. The Morgan fingerprint density at radius 3 is 2.88 bits per heavy atom. The number of hydrogen-bond donors (Lipinski definition) is 0. The molecule has 1 aliphatic rings. The van der Waals surface area contributed by atoms with E-state index in [1.54, 1.807) is 32.6 Å². The van der Waals surface area contributed by atoms with Crippen LogP contribution >= 0.6 is 22.9 Å². The summed E-state index contributed by atoms with van der Waals surface area (Å²) >= 11 is 6.50. The van der Waals surface area contributed by atoms with Crippen molar-refractivity contribution in [3.63, 3.8) is 0 Å². The molecule has 0 radical (unpaired) electrons. The molecular formula is C21H18ClN5O3S2. The molecule has 0 spiro atoms. The second-order valence-corrected chi connectivity index (χ2v) is 10.6. The summed E-state index contributed by atoms with van der Waals surface area (Å²) < 4.78 is 20.4. The van der Waals surface area contributed by atoms with Crippen molar-refractivity contribution in [2.45, 2.75) is 11.5 Å². The molecule has 5 rings (SSSR count). The molecule has 1 amide bonds. The Morgan fingerprint density at radius 2 is 2.12 bits per heavy atom. The second-order valence-electron chi connectivity index (χ2n) is 7.47. The van der Waals surface area contributed by atoms with Gasteiger partial charge in [-0.25, -0.2) is 15.0 Å². The summed E-state index contributed by atoms with van der Waals surface area (Å²) in [6.07, 6.45) is 1.69. The van der Waals surface area contributed by atoms with Crippen LogP contribution in [0.2, 0.25) is 4.34 Å². The topological polar surface area (TPSA) is 96.2 Å². The van der Waals surface area contributed by atoms with E-state index in [2.05, 4.69) is 9.97 Å². The predicted molar refractivity (Wildman–Crippen MR) is 125 cm³/mol. The van der Waals surface area contributed by atoms with Crippen LogP contribution in [0.4, 0.5) is 0 Å². The number of fused-ring (bicyclic) bond motifs is 2. The van der Waals surface area contributed by atoms with Crippen LogP contribution in [-0.2, 0) is 27.5 Å². The highest BCUT2D eigenvalue weighted by atomic mass is 35.5. The number of imidazole rings is 1. The molecule has 0 saturated heterocycles. The molecule has 0 fully saturated rings. The van der Waals surface area contributed by atoms with Gasteiger partial charge in [0.2, 0.25) is 0 Å². The van der Waals surface area contributed by atoms with Gasteiger partial charge in [0, 0.05) is 20.2 Å². The highest BCUT2D eigenvalue weighted by Crippen LogP contribution is 2.35. The van der Waals surface area contributed by atoms with Crippen LogP contribution in [0.25, 0.3) is 27.6 Å². The summed E-state index contributed by atoms with van der Waals surface area (Å²) in [5.41, 5.74) is 3.18. The number of carbonyl (C=O) groups excluding carboxylic acids is 1. The fourth-order valence-corrected chi connectivity index (χ4v) is 5.66. The zero-order chi connectivity index (χ0) is 22.4. The number of hydrogen-bond acceptors (Lipinski definition) is 7. The van der Waals surface area contributed by atoms with E-state index in [0.717, 1.165) is 21.7 Å². The summed E-state index contributed by atoms with van der Waals surface area (Å²) in [5.74, 6) is 2.46. The van der Waals surface area contributed by atoms with Gasteiger partial charge in [0.25, 0.3) is 5.91 Å². The van der Waals surface area contributed by atoms with E-state index in [0.29, 0.717) is 38.8 Å². The maximum absolute atomic E-state index is 12.3. The second kappa shape index (κ2) is 8.36. The van der Waals surface area contributed by atoms with E-state index < -0.39 is 11.2 Å². The molecule has 0 N–H and O–H groups in total. The maximum Gasteiger partial charge on any atom is 0.259 e. The molecule has 0 aliphatic carbocycles. The van der Waals surface area contributed by atoms with Gasteiger partial charge in [-0.15, -0.1) is 11.3 Å². The first-order chi connectivity index (χ1) is 15.4. The Morgan fingerprint density at radius 1 is 1.28 bits per heavy atom. The standard InChI is InChI=1S/C21H18ClN5O3S2/c1-26(2)19(28)8-30-12-3-4-16-14(7-12)23-11-27(16)21-13-9-32(29)10-15(13)24-20(25-21)17-5-6-18(22)31-17/h3-7,11H,8-10H2,1-2H3. The number of benzene rings is 1. The van der Waals surface area contributed by atoms with Gasteiger partial charge in [-0.1, -0.05) is 11.6 Å². The molecule has 32 heavy (non-hydrogen) atoms. The quantitative estimate of drug-likeness (QED) is 0.400. The fraction of sp³-hybridized carbons (Fsp3) is 0.238. The number of amides is 1. The molecule has 0 saturated carbocycles. The number of thiophene rings is 1. The predicted octanol–water partition coefficient (Wildman–Crippen LogP) is 3.43. The van der Waals surface area contributed by atoms with Crippen LogP contribution in [0, 0.1) is 0 Å². The van der Waals surface area contributed by atoms with Crippen molar-refractivity contribution in [2.24, 2.45) is 0 Å². The van der Waals surface area contributed by atoms with Crippen molar-refractivity contribution in [2.75, 3.05) is 20.7 Å². The molecule has 4 heterocycles. The molecule has 11 heteroatoms. The van der Waals surface area contributed by atoms with Crippen molar-refractivity contribution < 1.29 is 14.1 Å². The molecule has 0 bridgehead atoms. The molecule has 1 aromatic carbocycles. The van der Waals surface area contributed by atoms with Crippen LogP contribution in [0.15, 0.2) is 36.7 Å². The van der Waals surface area contributed by atoms with Crippen LogP contribution in [-0.4, -0.2) is 55.6 Å². The first-order valence-corrected chi connectivity index (χ1v) is 12.4. The van der Waals surface area contributed by atoms with Gasteiger partial charge in [0.1, 0.15) is 29.3 Å². The van der Waals surface area contributed by atoms with Crippen LogP contribution in [0.5, 0.6) is 5.75 Å². The summed E-state index contributed by atoms with van der Waals surface area (Å²) in [6, 6.07) is 9.15. The smallest absolute Gasteiger partial charge is 0.259 e. The van der Waals surface area contributed by atoms with Crippen molar-refractivity contribution in [1.82, 2.24) is 24.4 Å². The molecule has 1 aliphatic heterocycles. The van der Waals surface area contributed by atoms with Crippen LogP contribution < -0.4 is 4.74 Å². The van der Waals surface area contributed by atoms with Crippen LogP contribution in [0.1, 0.15) is 11.3 Å². The highest BCUT2D eigenvalue weighted by molar-refractivity contribution is 7.90. The molecule has 3 aromatic heterocycles. The van der Waals surface area contributed by atoms with Crippen LogP contribution in [0.3, 0.4) is 0 Å². The van der Waals surface area contributed by atoms with E-state index in [-0.39, 0.29) is 12.5 Å². The maximum atomic E-state index is 12.3. The van der Waals surface area contributed by atoms with Gasteiger partial charge in [0.05, 0.1) is 25.8 Å². The third-order valence-electron chi connectivity index (χ3n) is 5.08. The lowest BCUT2D eigenvalue weighted by atomic mass is 10.2. The summed E-state index contributed by atoms with van der Waals surface area (Å²) in [7, 11) is 3.37. The Bertz CT molecular complexity index is 1340. The third-order valence-corrected chi connectivity index (χ3v) is 7.51. The van der Waals surface area contributed by atoms with Crippen molar-refractivity contribution in [3.8, 4) is 22.3 Å². The average molecular weight is 488 g/mol. The number of halogens is 1. The van der Waals surface area contributed by atoms with Gasteiger partial charge >= 0.3 is 0 Å². The molecule has 164 valence electrons. The minimum atomic E-state index is -1.01. The van der Waals surface area contributed by atoms with E-state index in [4.69, 9.17) is 21.3 Å². The number of nitrogens with zero attached hydrogens (tertiary/aromatic N) is 5. The number of carbonyl (C=O) groups is 1. The average Bonchev–Trinajstić information content (AvgIpc) is 3.48. The van der Waals surface area contributed by atoms with Gasteiger partial charge in [-0.2, -0.15) is 0 Å². The zero-order valence-electron chi connectivity index (χ0n) is 17.2. The fourth-order valence-electron chi connectivity index (χ4n) is 3.42. The van der Waals surface area contributed by atoms with Gasteiger partial charge < -0.3 is 14.2 Å². The van der Waals surface area contributed by atoms with Gasteiger partial charge in [-0.3, -0.25) is 9.36 Å². The number of rotatable bonds is 5. The van der Waals surface area contributed by atoms with Crippen molar-refractivity contribution >= 4 is 51.1 Å². The lowest BCUT2D eigenvalue weighted by Gasteiger charge is -2.12.